The molecule has 0 spiro atoms. The molecule has 0 fully saturated rings. The minimum absolute atomic E-state index is 0.0787. The summed E-state index contributed by atoms with van der Waals surface area (Å²) in [6.07, 6.45) is 3.04. The van der Waals surface area contributed by atoms with Gasteiger partial charge in [0.2, 0.25) is 0 Å². The summed E-state index contributed by atoms with van der Waals surface area (Å²) in [6, 6.07) is 17.2. The summed E-state index contributed by atoms with van der Waals surface area (Å²) in [6.45, 7) is 3.93. The molecule has 4 nitrogen and oxygen atoms in total. The lowest BCUT2D eigenvalue weighted by molar-refractivity contribution is 0.104. The summed E-state index contributed by atoms with van der Waals surface area (Å²) in [5.41, 5.74) is 6.25. The zero-order chi connectivity index (χ0) is 30.6. The van der Waals surface area contributed by atoms with Crippen molar-refractivity contribution in [2.45, 2.75) is 13.8 Å². The Hall–Kier alpha value is -4.28. The van der Waals surface area contributed by atoms with Crippen molar-refractivity contribution in [3.05, 3.63) is 147 Å². The van der Waals surface area contributed by atoms with E-state index in [0.717, 1.165) is 44.9 Å². The van der Waals surface area contributed by atoms with Crippen LogP contribution in [-0.4, -0.2) is 24.3 Å². The first-order valence-electron chi connectivity index (χ1n) is 12.4. The van der Waals surface area contributed by atoms with Crippen molar-refractivity contribution in [1.29, 1.82) is 0 Å². The third-order valence-electron chi connectivity index (χ3n) is 6.16. The van der Waals surface area contributed by atoms with Gasteiger partial charge in [-0.25, -0.2) is 17.6 Å². The second kappa shape index (κ2) is 13.1. The first-order chi connectivity index (χ1) is 19.9. The van der Waals surface area contributed by atoms with Crippen LogP contribution in [0.25, 0.3) is 10.1 Å². The Morgan fingerprint density at radius 1 is 0.643 bits per heavy atom. The molecule has 0 bridgehead atoms. The summed E-state index contributed by atoms with van der Waals surface area (Å²) >= 11 is 3.35. The van der Waals surface area contributed by atoms with E-state index in [-0.39, 0.29) is 17.3 Å². The van der Waals surface area contributed by atoms with Crippen LogP contribution in [0.15, 0.2) is 84.9 Å². The third-order valence-corrected chi connectivity index (χ3v) is 6.82. The SMILES string of the molecule is Cc1ccc2c(c1)C(Br)=CC2=O.Cc1ccc2c(c1)C(c1cc(F)cc(F)c1)=CC2=O.O[B]Oc1cc(F)cc(F)c1. The van der Waals surface area contributed by atoms with E-state index in [9.17, 15) is 27.2 Å². The van der Waals surface area contributed by atoms with E-state index >= 15 is 0 Å². The molecule has 0 unspecified atom stereocenters. The van der Waals surface area contributed by atoms with Crippen molar-refractivity contribution in [3.63, 3.8) is 0 Å². The Morgan fingerprint density at radius 3 is 1.67 bits per heavy atom. The summed E-state index contributed by atoms with van der Waals surface area (Å²) < 4.78 is 56.4. The molecule has 0 heterocycles. The number of carbonyl (C=O) groups is 2. The molecule has 1 N–H and O–H groups in total. The third kappa shape index (κ3) is 7.32. The van der Waals surface area contributed by atoms with Crippen LogP contribution < -0.4 is 4.65 Å². The number of allylic oxidation sites excluding steroid dienone is 2. The van der Waals surface area contributed by atoms with Gasteiger partial charge >= 0.3 is 7.69 Å². The van der Waals surface area contributed by atoms with Crippen molar-refractivity contribution < 1.29 is 36.8 Å². The molecule has 0 aromatic heterocycles. The molecular formula is C32H21BBrF4O4. The lowest BCUT2D eigenvalue weighted by Crippen LogP contribution is -2.00. The van der Waals surface area contributed by atoms with Gasteiger partial charge in [0, 0.05) is 51.5 Å². The van der Waals surface area contributed by atoms with Crippen LogP contribution in [0.3, 0.4) is 0 Å². The number of rotatable bonds is 3. The van der Waals surface area contributed by atoms with E-state index in [2.05, 4.69) is 20.6 Å². The number of hydrogen-bond acceptors (Lipinski definition) is 4. The predicted octanol–water partition coefficient (Wildman–Crippen LogP) is 7.70. The average molecular weight is 636 g/mol. The molecule has 0 saturated heterocycles. The van der Waals surface area contributed by atoms with Gasteiger partial charge in [-0.2, -0.15) is 0 Å². The molecule has 0 amide bonds. The van der Waals surface area contributed by atoms with Crippen LogP contribution in [0.5, 0.6) is 5.75 Å². The highest BCUT2D eigenvalue weighted by molar-refractivity contribution is 9.15. The van der Waals surface area contributed by atoms with Gasteiger partial charge < -0.3 is 9.68 Å². The molecule has 42 heavy (non-hydrogen) atoms. The minimum Gasteiger partial charge on any atom is -0.537 e. The van der Waals surface area contributed by atoms with Crippen molar-refractivity contribution in [2.24, 2.45) is 0 Å². The summed E-state index contributed by atoms with van der Waals surface area (Å²) in [5, 5.41) is 8.11. The molecule has 4 aromatic carbocycles. The Morgan fingerprint density at radius 2 is 1.12 bits per heavy atom. The lowest BCUT2D eigenvalue weighted by Gasteiger charge is -2.07. The van der Waals surface area contributed by atoms with Gasteiger partial charge in [-0.05, 0) is 48.8 Å². The minimum atomic E-state index is -0.748. The number of carbonyl (C=O) groups excluding carboxylic acids is 2. The van der Waals surface area contributed by atoms with E-state index in [1.807, 2.05) is 44.2 Å². The maximum Gasteiger partial charge on any atom is 0.569 e. The molecule has 0 atom stereocenters. The second-order valence-electron chi connectivity index (χ2n) is 9.36. The molecule has 211 valence electrons. The Balaban J connectivity index is 0.000000153. The predicted molar refractivity (Wildman–Crippen MR) is 156 cm³/mol. The number of ketones is 2. The van der Waals surface area contributed by atoms with Crippen LogP contribution in [0, 0.1) is 37.1 Å². The van der Waals surface area contributed by atoms with Crippen LogP contribution in [0.4, 0.5) is 17.6 Å². The van der Waals surface area contributed by atoms with Crippen molar-refractivity contribution >= 4 is 45.2 Å². The molecule has 0 aliphatic heterocycles. The highest BCUT2D eigenvalue weighted by Crippen LogP contribution is 2.34. The smallest absolute Gasteiger partial charge is 0.537 e. The average Bonchev–Trinajstić information content (AvgIpc) is 3.38. The van der Waals surface area contributed by atoms with E-state index in [0.29, 0.717) is 30.5 Å². The largest absolute Gasteiger partial charge is 0.569 e. The number of aryl methyl sites for hydroxylation is 2. The topological polar surface area (TPSA) is 63.6 Å². The van der Waals surface area contributed by atoms with E-state index in [1.165, 1.54) is 23.8 Å². The number of benzene rings is 4. The maximum absolute atomic E-state index is 13.3. The highest BCUT2D eigenvalue weighted by Gasteiger charge is 2.23. The first kappa shape index (κ1) is 30.7. The summed E-state index contributed by atoms with van der Waals surface area (Å²) in [7, 11) is 0.355. The number of fused-ring (bicyclic) bond motifs is 2. The molecule has 2 aliphatic carbocycles. The van der Waals surface area contributed by atoms with Crippen LogP contribution in [0.1, 0.15) is 48.5 Å². The Bertz CT molecular complexity index is 1730. The lowest BCUT2D eigenvalue weighted by atomic mass is 9.97. The number of hydrogen-bond donors (Lipinski definition) is 1. The molecule has 1 radical (unpaired) electrons. The van der Waals surface area contributed by atoms with E-state index in [4.69, 9.17) is 5.02 Å². The van der Waals surface area contributed by atoms with Gasteiger partial charge in [0.05, 0.1) is 0 Å². The van der Waals surface area contributed by atoms with Gasteiger partial charge in [0.25, 0.3) is 0 Å². The molecule has 0 saturated carbocycles. The fraction of sp³-hybridized carbons (Fsp3) is 0.0625. The van der Waals surface area contributed by atoms with E-state index in [1.54, 1.807) is 12.1 Å². The molecule has 6 rings (SSSR count). The quantitative estimate of drug-likeness (QED) is 0.185. The van der Waals surface area contributed by atoms with Gasteiger partial charge in [0.1, 0.15) is 29.0 Å². The molecule has 2 aliphatic rings. The van der Waals surface area contributed by atoms with Gasteiger partial charge in [0.15, 0.2) is 11.6 Å². The van der Waals surface area contributed by atoms with Crippen molar-refractivity contribution in [2.75, 3.05) is 0 Å². The zero-order valence-electron chi connectivity index (χ0n) is 22.2. The van der Waals surface area contributed by atoms with Gasteiger partial charge in [-0.1, -0.05) is 63.5 Å². The Labute approximate surface area is 248 Å². The van der Waals surface area contributed by atoms with Crippen LogP contribution in [-0.2, 0) is 0 Å². The van der Waals surface area contributed by atoms with Crippen molar-refractivity contribution in [3.8, 4) is 5.75 Å². The highest BCUT2D eigenvalue weighted by atomic mass is 79.9. The summed E-state index contributed by atoms with van der Waals surface area (Å²) in [4.78, 5) is 23.1. The fourth-order valence-electron chi connectivity index (χ4n) is 4.33. The molecular weight excluding hydrogens is 615 g/mol. The van der Waals surface area contributed by atoms with E-state index < -0.39 is 23.3 Å². The Kier molecular flexibility index (Phi) is 9.60. The van der Waals surface area contributed by atoms with Gasteiger partial charge in [-0.15, -0.1) is 0 Å². The number of halogens is 5. The standard InChI is InChI=1S/C16H10F2O.C10H7BrO.C6H4BF2O2/c1-9-2-3-13-15(4-9)14(8-16(13)19)10-5-11(17)7-12(18)6-10;1-6-2-3-7-8(4-6)9(11)5-10(7)12;8-4-1-5(9)3-6(2-4)11-7-10/h2-8H,1H3;2-5H,1H3;1-3,10H. The van der Waals surface area contributed by atoms with Crippen LogP contribution >= 0.6 is 15.9 Å². The van der Waals surface area contributed by atoms with Crippen molar-refractivity contribution in [1.82, 2.24) is 0 Å². The summed E-state index contributed by atoms with van der Waals surface area (Å²) in [5.74, 6) is -2.91. The van der Waals surface area contributed by atoms with Crippen LogP contribution in [0.2, 0.25) is 0 Å². The maximum atomic E-state index is 13.3. The van der Waals surface area contributed by atoms with Gasteiger partial charge in [-0.3, -0.25) is 9.59 Å². The molecule has 4 aromatic rings. The normalized spacial score (nSPS) is 12.7. The second-order valence-corrected chi connectivity index (χ2v) is 10.2. The fourth-order valence-corrected chi connectivity index (χ4v) is 4.87. The zero-order valence-corrected chi connectivity index (χ0v) is 23.8. The molecule has 10 heteroatoms. The monoisotopic (exact) mass is 635 g/mol. The first-order valence-corrected chi connectivity index (χ1v) is 13.2.